The molecule has 1 unspecified atom stereocenters. The Morgan fingerprint density at radius 1 is 1.21 bits per heavy atom. The molecule has 9 heteroatoms. The first-order chi connectivity index (χ1) is 16.3. The number of thioether (sulfide) groups is 1. The Labute approximate surface area is 201 Å². The van der Waals surface area contributed by atoms with E-state index in [1.54, 1.807) is 6.92 Å². The predicted octanol–water partition coefficient (Wildman–Crippen LogP) is 4.33. The number of ether oxygens (including phenoxy) is 2. The molecule has 34 heavy (non-hydrogen) atoms. The lowest BCUT2D eigenvalue weighted by molar-refractivity contribution is -0.146. The molecule has 0 aliphatic carbocycles. The molecule has 1 aromatic heterocycles. The number of halogens is 2. The van der Waals surface area contributed by atoms with Crippen molar-refractivity contribution >= 4 is 17.8 Å². The van der Waals surface area contributed by atoms with Crippen molar-refractivity contribution in [3.05, 3.63) is 89.5 Å². The smallest absolute Gasteiger partial charge is 0.177 e. The maximum absolute atomic E-state index is 14.7. The Morgan fingerprint density at radius 3 is 2.59 bits per heavy atom. The Hall–Kier alpha value is -2.59. The maximum atomic E-state index is 14.7. The minimum absolute atomic E-state index is 0.000883. The fourth-order valence-electron chi connectivity index (χ4n) is 3.79. The molecule has 0 bridgehead atoms. The SMILES string of the molecule is Cc1ccc(/C=C/C2OCC(S[C@H](C)C(O)(Cn3cncn3)c3ccc(F)cc3F)CO2)cc1. The molecule has 180 valence electrons. The summed E-state index contributed by atoms with van der Waals surface area (Å²) in [5.41, 5.74) is 0.585. The highest BCUT2D eigenvalue weighted by molar-refractivity contribution is 8.00. The van der Waals surface area contributed by atoms with Crippen molar-refractivity contribution in [2.24, 2.45) is 0 Å². The molecule has 1 aliphatic rings. The number of nitrogens with zero attached hydrogens (tertiary/aromatic N) is 3. The number of hydrogen-bond donors (Lipinski definition) is 1. The van der Waals surface area contributed by atoms with E-state index in [1.165, 1.54) is 40.7 Å². The van der Waals surface area contributed by atoms with Gasteiger partial charge in [-0.15, -0.1) is 11.8 Å². The van der Waals surface area contributed by atoms with Gasteiger partial charge in [0.05, 0.1) is 25.0 Å². The van der Waals surface area contributed by atoms with Crippen LogP contribution in [0.25, 0.3) is 6.08 Å². The number of aliphatic hydroxyl groups is 1. The van der Waals surface area contributed by atoms with Gasteiger partial charge in [-0.05, 0) is 24.6 Å². The fraction of sp³-hybridized carbons (Fsp3) is 0.360. The molecule has 2 atom stereocenters. The largest absolute Gasteiger partial charge is 0.382 e. The Balaban J connectivity index is 1.41. The number of aromatic nitrogens is 3. The summed E-state index contributed by atoms with van der Waals surface area (Å²) in [4.78, 5) is 3.90. The van der Waals surface area contributed by atoms with E-state index in [9.17, 15) is 13.9 Å². The zero-order chi connectivity index (χ0) is 24.1. The second kappa shape index (κ2) is 10.8. The van der Waals surface area contributed by atoms with Gasteiger partial charge in [0, 0.05) is 16.9 Å². The lowest BCUT2D eigenvalue weighted by atomic mass is 9.90. The van der Waals surface area contributed by atoms with E-state index >= 15 is 0 Å². The summed E-state index contributed by atoms with van der Waals surface area (Å²) < 4.78 is 41.3. The first kappa shape index (κ1) is 24.5. The normalized spacial score (nSPS) is 21.4. The summed E-state index contributed by atoms with van der Waals surface area (Å²) in [7, 11) is 0. The van der Waals surface area contributed by atoms with Crippen molar-refractivity contribution < 1.29 is 23.4 Å². The van der Waals surface area contributed by atoms with E-state index in [1.807, 2.05) is 43.3 Å². The van der Waals surface area contributed by atoms with Gasteiger partial charge < -0.3 is 14.6 Å². The van der Waals surface area contributed by atoms with E-state index in [0.717, 1.165) is 17.7 Å². The average Bonchev–Trinajstić information content (AvgIpc) is 3.32. The molecule has 1 saturated heterocycles. The van der Waals surface area contributed by atoms with E-state index in [0.29, 0.717) is 13.2 Å². The molecule has 4 rings (SSSR count). The molecule has 0 radical (unpaired) electrons. The Morgan fingerprint density at radius 2 is 1.94 bits per heavy atom. The van der Waals surface area contributed by atoms with Gasteiger partial charge in [0.25, 0.3) is 0 Å². The molecule has 1 fully saturated rings. The molecule has 3 aromatic rings. The van der Waals surface area contributed by atoms with Gasteiger partial charge in [-0.2, -0.15) is 5.10 Å². The monoisotopic (exact) mass is 487 g/mol. The van der Waals surface area contributed by atoms with Crippen LogP contribution in [0.4, 0.5) is 8.78 Å². The average molecular weight is 488 g/mol. The summed E-state index contributed by atoms with van der Waals surface area (Å²) in [5.74, 6) is -1.52. The summed E-state index contributed by atoms with van der Waals surface area (Å²) >= 11 is 1.43. The quantitative estimate of drug-likeness (QED) is 0.510. The molecule has 1 N–H and O–H groups in total. The summed E-state index contributed by atoms with van der Waals surface area (Å²) in [6, 6.07) is 11.3. The third-order valence-electron chi connectivity index (χ3n) is 5.75. The lowest BCUT2D eigenvalue weighted by Gasteiger charge is -2.37. The van der Waals surface area contributed by atoms with Gasteiger partial charge in [0.15, 0.2) is 6.29 Å². The van der Waals surface area contributed by atoms with Crippen molar-refractivity contribution in [3.63, 3.8) is 0 Å². The summed E-state index contributed by atoms with van der Waals surface area (Å²) in [5, 5.41) is 15.1. The van der Waals surface area contributed by atoms with Gasteiger partial charge in [-0.3, -0.25) is 0 Å². The van der Waals surface area contributed by atoms with E-state index in [4.69, 9.17) is 9.47 Å². The van der Waals surface area contributed by atoms with Crippen LogP contribution >= 0.6 is 11.8 Å². The third-order valence-corrected chi connectivity index (χ3v) is 7.21. The van der Waals surface area contributed by atoms with E-state index in [2.05, 4.69) is 10.1 Å². The molecule has 6 nitrogen and oxygen atoms in total. The highest BCUT2D eigenvalue weighted by atomic mass is 32.2. The molecule has 0 amide bonds. The second-order valence-corrected chi connectivity index (χ2v) is 9.99. The molecule has 2 aromatic carbocycles. The second-order valence-electron chi connectivity index (χ2n) is 8.35. The Kier molecular flexibility index (Phi) is 7.77. The number of hydrogen-bond acceptors (Lipinski definition) is 6. The fourth-order valence-corrected chi connectivity index (χ4v) is 5.11. The topological polar surface area (TPSA) is 69.4 Å². The van der Waals surface area contributed by atoms with Crippen molar-refractivity contribution in [1.82, 2.24) is 14.8 Å². The van der Waals surface area contributed by atoms with Crippen LogP contribution in [0.5, 0.6) is 0 Å². The highest BCUT2D eigenvalue weighted by Crippen LogP contribution is 2.38. The first-order valence-electron chi connectivity index (χ1n) is 11.0. The molecule has 1 aliphatic heterocycles. The zero-order valence-corrected chi connectivity index (χ0v) is 19.8. The van der Waals surface area contributed by atoms with Crippen LogP contribution in [0.3, 0.4) is 0 Å². The molecule has 2 heterocycles. The number of aryl methyl sites for hydroxylation is 1. The minimum atomic E-state index is -1.67. The van der Waals surface area contributed by atoms with Crippen LogP contribution in [0.15, 0.2) is 61.2 Å². The van der Waals surface area contributed by atoms with Crippen molar-refractivity contribution in [1.29, 1.82) is 0 Å². The molecular weight excluding hydrogens is 460 g/mol. The van der Waals surface area contributed by atoms with Crippen LogP contribution < -0.4 is 0 Å². The maximum Gasteiger partial charge on any atom is 0.177 e. The van der Waals surface area contributed by atoms with Crippen LogP contribution in [0.1, 0.15) is 23.6 Å². The van der Waals surface area contributed by atoms with Gasteiger partial charge in [-0.25, -0.2) is 18.4 Å². The summed E-state index contributed by atoms with van der Waals surface area (Å²) in [6.07, 6.45) is 6.14. The lowest BCUT2D eigenvalue weighted by Crippen LogP contribution is -2.43. The molecular formula is C25H27F2N3O3S. The molecule has 0 spiro atoms. The van der Waals surface area contributed by atoms with Crippen LogP contribution in [-0.4, -0.2) is 49.9 Å². The zero-order valence-electron chi connectivity index (χ0n) is 19.0. The van der Waals surface area contributed by atoms with Gasteiger partial charge in [0.1, 0.15) is 29.9 Å². The standard InChI is InChI=1S/C25H27F2N3O3S/c1-17-3-5-19(6-4-17)7-10-24-32-12-21(13-33-24)34-18(2)25(31,14-30-16-28-15-29-30)22-9-8-20(26)11-23(22)27/h3-11,15-16,18,21,24,31H,12-14H2,1-2H3/b10-7+/t18-,21?,24?,25?/m1/s1. The summed E-state index contributed by atoms with van der Waals surface area (Å²) in [6.45, 7) is 4.61. The van der Waals surface area contributed by atoms with Gasteiger partial charge in [0.2, 0.25) is 0 Å². The van der Waals surface area contributed by atoms with Crippen molar-refractivity contribution in [3.8, 4) is 0 Å². The molecule has 0 saturated carbocycles. The van der Waals surface area contributed by atoms with Crippen LogP contribution in [0, 0.1) is 18.6 Å². The van der Waals surface area contributed by atoms with E-state index < -0.39 is 28.8 Å². The van der Waals surface area contributed by atoms with Gasteiger partial charge >= 0.3 is 0 Å². The highest BCUT2D eigenvalue weighted by Gasteiger charge is 2.41. The van der Waals surface area contributed by atoms with E-state index in [-0.39, 0.29) is 17.4 Å². The number of benzene rings is 2. The third kappa shape index (κ3) is 5.90. The van der Waals surface area contributed by atoms with Gasteiger partial charge in [-0.1, -0.05) is 48.9 Å². The van der Waals surface area contributed by atoms with Crippen molar-refractivity contribution in [2.45, 2.75) is 42.8 Å². The minimum Gasteiger partial charge on any atom is -0.382 e. The Bertz CT molecular complexity index is 1100. The van der Waals surface area contributed by atoms with Crippen LogP contribution in [0.2, 0.25) is 0 Å². The predicted molar refractivity (Wildman–Crippen MR) is 127 cm³/mol. The van der Waals surface area contributed by atoms with Crippen molar-refractivity contribution in [2.75, 3.05) is 13.2 Å². The first-order valence-corrected chi connectivity index (χ1v) is 11.9. The number of rotatable bonds is 8. The van der Waals surface area contributed by atoms with Crippen LogP contribution in [-0.2, 0) is 21.6 Å².